The summed E-state index contributed by atoms with van der Waals surface area (Å²) in [6.07, 6.45) is 3.22. The van der Waals surface area contributed by atoms with Crippen molar-refractivity contribution in [3.8, 4) is 16.9 Å². The number of H-pyrrole nitrogens is 2. The van der Waals surface area contributed by atoms with E-state index in [-0.39, 0.29) is 5.82 Å². The maximum Gasteiger partial charge on any atom is 0.133 e. The average molecular weight is 337 g/mol. The Labute approximate surface area is 142 Å². The Morgan fingerprint density at radius 2 is 2.00 bits per heavy atom. The van der Waals surface area contributed by atoms with Crippen LogP contribution in [0.2, 0.25) is 0 Å². The van der Waals surface area contributed by atoms with Gasteiger partial charge in [-0.15, -0.1) is 0 Å². The van der Waals surface area contributed by atoms with Crippen molar-refractivity contribution < 1.29 is 9.13 Å². The first-order chi connectivity index (χ1) is 12.2. The highest BCUT2D eigenvalue weighted by Crippen LogP contribution is 2.28. The van der Waals surface area contributed by atoms with Gasteiger partial charge in [0.05, 0.1) is 30.4 Å². The second kappa shape index (κ2) is 6.03. The third kappa shape index (κ3) is 2.74. The molecule has 25 heavy (non-hydrogen) atoms. The number of methoxy groups -OCH3 is 1. The fourth-order valence-corrected chi connectivity index (χ4v) is 2.79. The van der Waals surface area contributed by atoms with Gasteiger partial charge in [0.1, 0.15) is 17.4 Å². The second-order valence-electron chi connectivity index (χ2n) is 5.71. The van der Waals surface area contributed by atoms with E-state index in [0.29, 0.717) is 22.5 Å². The highest BCUT2D eigenvalue weighted by molar-refractivity contribution is 5.82. The summed E-state index contributed by atoms with van der Waals surface area (Å²) >= 11 is 0. The van der Waals surface area contributed by atoms with Gasteiger partial charge in [0.25, 0.3) is 0 Å². The fraction of sp³-hybridized carbons (Fsp3) is 0.111. The van der Waals surface area contributed by atoms with E-state index in [0.717, 1.165) is 16.8 Å². The standard InChI is InChI=1S/C18H16FN5O/c1-25-12-4-2-10(3-5-12)17(20)18-23-15-6-13(11-8-21-22-9-11)14(19)7-16(15)24-18/h2-9,17H,20H2,1H3,(H,21,22)(H,23,24). The maximum absolute atomic E-state index is 14.4. The molecule has 4 rings (SSSR count). The number of benzene rings is 2. The zero-order valence-corrected chi connectivity index (χ0v) is 13.5. The molecule has 1 atom stereocenters. The second-order valence-corrected chi connectivity index (χ2v) is 5.71. The minimum Gasteiger partial charge on any atom is -0.497 e. The number of imidazole rings is 1. The third-order valence-electron chi connectivity index (χ3n) is 4.17. The first-order valence-corrected chi connectivity index (χ1v) is 7.73. The lowest BCUT2D eigenvalue weighted by molar-refractivity contribution is 0.414. The zero-order chi connectivity index (χ0) is 17.4. The predicted octanol–water partition coefficient (Wildman–Crippen LogP) is 3.15. The number of aromatic nitrogens is 4. The molecule has 2 aromatic heterocycles. The number of aromatic amines is 2. The molecule has 0 aliphatic heterocycles. The van der Waals surface area contributed by atoms with Crippen molar-refractivity contribution in [2.75, 3.05) is 7.11 Å². The van der Waals surface area contributed by atoms with Crippen LogP contribution in [-0.2, 0) is 0 Å². The Bertz CT molecular complexity index is 1010. The van der Waals surface area contributed by atoms with Crippen LogP contribution in [0.5, 0.6) is 5.75 Å². The largest absolute Gasteiger partial charge is 0.497 e. The van der Waals surface area contributed by atoms with Gasteiger partial charge in [0.2, 0.25) is 0 Å². The van der Waals surface area contributed by atoms with E-state index in [9.17, 15) is 4.39 Å². The lowest BCUT2D eigenvalue weighted by Crippen LogP contribution is -2.13. The van der Waals surface area contributed by atoms with Crippen LogP contribution >= 0.6 is 0 Å². The van der Waals surface area contributed by atoms with Crippen molar-refractivity contribution in [1.82, 2.24) is 20.2 Å². The van der Waals surface area contributed by atoms with Crippen LogP contribution in [0.3, 0.4) is 0 Å². The van der Waals surface area contributed by atoms with Crippen molar-refractivity contribution in [1.29, 1.82) is 0 Å². The van der Waals surface area contributed by atoms with Crippen LogP contribution in [0, 0.1) is 5.82 Å². The summed E-state index contributed by atoms with van der Waals surface area (Å²) in [6.45, 7) is 0. The molecule has 0 amide bonds. The van der Waals surface area contributed by atoms with Crippen molar-refractivity contribution in [2.24, 2.45) is 5.73 Å². The van der Waals surface area contributed by atoms with E-state index in [1.54, 1.807) is 25.6 Å². The Hall–Kier alpha value is -3.19. The molecule has 0 saturated carbocycles. The van der Waals surface area contributed by atoms with Crippen LogP contribution in [0.25, 0.3) is 22.2 Å². The maximum atomic E-state index is 14.4. The smallest absolute Gasteiger partial charge is 0.133 e. The molecule has 1 unspecified atom stereocenters. The van der Waals surface area contributed by atoms with E-state index in [1.807, 2.05) is 24.3 Å². The van der Waals surface area contributed by atoms with E-state index in [1.165, 1.54) is 6.07 Å². The van der Waals surface area contributed by atoms with Gasteiger partial charge in [-0.2, -0.15) is 5.10 Å². The Morgan fingerprint density at radius 1 is 1.20 bits per heavy atom. The highest BCUT2D eigenvalue weighted by Gasteiger charge is 2.16. The van der Waals surface area contributed by atoms with Crippen LogP contribution in [-0.4, -0.2) is 27.3 Å². The molecule has 0 spiro atoms. The van der Waals surface area contributed by atoms with Gasteiger partial charge in [-0.25, -0.2) is 9.37 Å². The molecule has 126 valence electrons. The Balaban J connectivity index is 1.73. The zero-order valence-electron chi connectivity index (χ0n) is 13.5. The van der Waals surface area contributed by atoms with Gasteiger partial charge in [-0.3, -0.25) is 5.10 Å². The number of nitrogens with one attached hydrogen (secondary N) is 2. The molecule has 0 saturated heterocycles. The number of halogens is 1. The van der Waals surface area contributed by atoms with E-state index in [2.05, 4.69) is 20.2 Å². The number of ether oxygens (including phenoxy) is 1. The highest BCUT2D eigenvalue weighted by atomic mass is 19.1. The monoisotopic (exact) mass is 337 g/mol. The summed E-state index contributed by atoms with van der Waals surface area (Å²) in [6, 6.07) is 10.1. The Kier molecular flexibility index (Phi) is 3.70. The van der Waals surface area contributed by atoms with Gasteiger partial charge in [-0.05, 0) is 23.8 Å². The van der Waals surface area contributed by atoms with E-state index in [4.69, 9.17) is 10.5 Å². The summed E-state index contributed by atoms with van der Waals surface area (Å²) in [5.41, 5.74) is 9.56. The van der Waals surface area contributed by atoms with Crippen molar-refractivity contribution >= 4 is 11.0 Å². The quantitative estimate of drug-likeness (QED) is 0.533. The van der Waals surface area contributed by atoms with Gasteiger partial charge in [-0.1, -0.05) is 12.1 Å². The summed E-state index contributed by atoms with van der Waals surface area (Å²) in [7, 11) is 1.61. The van der Waals surface area contributed by atoms with Crippen LogP contribution < -0.4 is 10.5 Å². The lowest BCUT2D eigenvalue weighted by Gasteiger charge is -2.09. The molecule has 0 aliphatic carbocycles. The fourth-order valence-electron chi connectivity index (χ4n) is 2.79. The van der Waals surface area contributed by atoms with Gasteiger partial charge < -0.3 is 15.5 Å². The molecule has 4 aromatic rings. The third-order valence-corrected chi connectivity index (χ3v) is 4.17. The molecular weight excluding hydrogens is 321 g/mol. The topological polar surface area (TPSA) is 92.6 Å². The lowest BCUT2D eigenvalue weighted by atomic mass is 10.1. The molecule has 7 heteroatoms. The van der Waals surface area contributed by atoms with Crippen LogP contribution in [0.1, 0.15) is 17.4 Å². The molecule has 2 heterocycles. The number of nitrogens with two attached hydrogens (primary N) is 1. The number of fused-ring (bicyclic) bond motifs is 1. The number of nitrogens with zero attached hydrogens (tertiary/aromatic N) is 2. The summed E-state index contributed by atoms with van der Waals surface area (Å²) < 4.78 is 19.5. The average Bonchev–Trinajstić information content (AvgIpc) is 3.29. The molecule has 6 nitrogen and oxygen atoms in total. The summed E-state index contributed by atoms with van der Waals surface area (Å²) in [5, 5.41) is 6.54. The number of rotatable bonds is 4. The minimum atomic E-state index is -0.446. The Morgan fingerprint density at radius 3 is 2.68 bits per heavy atom. The number of hydrogen-bond donors (Lipinski definition) is 3. The molecule has 4 N–H and O–H groups in total. The summed E-state index contributed by atoms with van der Waals surface area (Å²) in [5.74, 6) is 0.973. The van der Waals surface area contributed by atoms with Crippen molar-refractivity contribution in [3.05, 3.63) is 66.0 Å². The summed E-state index contributed by atoms with van der Waals surface area (Å²) in [4.78, 5) is 7.63. The van der Waals surface area contributed by atoms with Crippen LogP contribution in [0.15, 0.2) is 48.8 Å². The van der Waals surface area contributed by atoms with E-state index < -0.39 is 6.04 Å². The van der Waals surface area contributed by atoms with Gasteiger partial charge in [0.15, 0.2) is 0 Å². The molecule has 0 aliphatic rings. The molecule has 0 fully saturated rings. The molecular formula is C18H16FN5O. The van der Waals surface area contributed by atoms with Crippen molar-refractivity contribution in [3.63, 3.8) is 0 Å². The van der Waals surface area contributed by atoms with Gasteiger partial charge >= 0.3 is 0 Å². The minimum absolute atomic E-state index is 0.357. The molecule has 0 bridgehead atoms. The van der Waals surface area contributed by atoms with Crippen molar-refractivity contribution in [2.45, 2.75) is 6.04 Å². The van der Waals surface area contributed by atoms with E-state index >= 15 is 0 Å². The van der Waals surface area contributed by atoms with Crippen LogP contribution in [0.4, 0.5) is 4.39 Å². The first-order valence-electron chi connectivity index (χ1n) is 7.73. The SMILES string of the molecule is COc1ccc(C(N)c2nc3cc(F)c(-c4cn[nH]c4)cc3[nH]2)cc1. The first kappa shape index (κ1) is 15.3. The predicted molar refractivity (Wildman–Crippen MR) is 92.7 cm³/mol. The molecule has 0 radical (unpaired) electrons. The molecule has 2 aromatic carbocycles. The van der Waals surface area contributed by atoms with Gasteiger partial charge in [0, 0.05) is 23.4 Å². The normalized spacial score (nSPS) is 12.4. The number of hydrogen-bond acceptors (Lipinski definition) is 4.